The number of halogens is 1. The van der Waals surface area contributed by atoms with Crippen LogP contribution in [0.5, 0.6) is 5.75 Å². The van der Waals surface area contributed by atoms with E-state index in [1.165, 1.54) is 5.56 Å². The van der Waals surface area contributed by atoms with E-state index in [1.807, 2.05) is 37.3 Å². The Morgan fingerprint density at radius 2 is 2.10 bits per heavy atom. The van der Waals surface area contributed by atoms with Gasteiger partial charge in [-0.1, -0.05) is 35.9 Å². The van der Waals surface area contributed by atoms with Gasteiger partial charge in [-0.3, -0.25) is 9.69 Å². The number of ether oxygens (including phenoxy) is 1. The van der Waals surface area contributed by atoms with Gasteiger partial charge in [0.2, 0.25) is 0 Å². The molecular weight excluding hydrogens is 412 g/mol. The van der Waals surface area contributed by atoms with Crippen molar-refractivity contribution >= 4 is 23.2 Å². The van der Waals surface area contributed by atoms with Gasteiger partial charge in [0.1, 0.15) is 11.6 Å². The van der Waals surface area contributed by atoms with Crippen LogP contribution in [0.4, 0.5) is 5.69 Å². The van der Waals surface area contributed by atoms with Crippen molar-refractivity contribution in [3.05, 3.63) is 82.4 Å². The summed E-state index contributed by atoms with van der Waals surface area (Å²) in [6, 6.07) is 15.3. The lowest BCUT2D eigenvalue weighted by Gasteiger charge is -2.16. The van der Waals surface area contributed by atoms with Gasteiger partial charge in [-0.15, -0.1) is 0 Å². The predicted molar refractivity (Wildman–Crippen MR) is 122 cm³/mol. The van der Waals surface area contributed by atoms with Crippen molar-refractivity contribution in [1.82, 2.24) is 14.9 Å². The van der Waals surface area contributed by atoms with E-state index in [0.717, 1.165) is 36.9 Å². The average molecular weight is 437 g/mol. The molecule has 3 aromatic rings. The highest BCUT2D eigenvalue weighted by molar-refractivity contribution is 6.30. The van der Waals surface area contributed by atoms with Crippen LogP contribution in [0.2, 0.25) is 5.02 Å². The van der Waals surface area contributed by atoms with E-state index >= 15 is 0 Å². The molecule has 1 aliphatic rings. The molecular formula is C24H25ClN4O2. The minimum Gasteiger partial charge on any atom is -0.495 e. The zero-order valence-electron chi connectivity index (χ0n) is 17.6. The Morgan fingerprint density at radius 1 is 1.26 bits per heavy atom. The zero-order valence-corrected chi connectivity index (χ0v) is 18.4. The van der Waals surface area contributed by atoms with Crippen LogP contribution in [0.3, 0.4) is 0 Å². The van der Waals surface area contributed by atoms with Gasteiger partial charge < -0.3 is 10.1 Å². The molecule has 1 aliphatic heterocycles. The zero-order chi connectivity index (χ0) is 21.8. The average Bonchev–Trinajstić information content (AvgIpc) is 3.22. The SMILES string of the molecule is COc1ccccc1NC(=O)c1cnc([C@H]2CCN(Cc3cccc(Cl)c3)C2)nc1C. The van der Waals surface area contributed by atoms with Crippen LogP contribution in [0.25, 0.3) is 0 Å². The summed E-state index contributed by atoms with van der Waals surface area (Å²) < 4.78 is 5.30. The molecule has 0 saturated carbocycles. The second-order valence-corrected chi connectivity index (χ2v) is 8.17. The van der Waals surface area contributed by atoms with E-state index in [-0.39, 0.29) is 11.8 Å². The standard InChI is InChI=1S/C24H25ClN4O2/c1-16-20(24(30)28-21-8-3-4-9-22(21)31-2)13-26-23(27-16)18-10-11-29(15-18)14-17-6-5-7-19(25)12-17/h3-9,12-13,18H,10-11,14-15H2,1-2H3,(H,28,30)/t18-/m0/s1. The highest BCUT2D eigenvalue weighted by Gasteiger charge is 2.27. The predicted octanol–water partition coefficient (Wildman–Crippen LogP) is 4.69. The molecule has 1 saturated heterocycles. The molecule has 160 valence electrons. The second-order valence-electron chi connectivity index (χ2n) is 7.73. The number of carbonyl (C=O) groups is 1. The second kappa shape index (κ2) is 9.45. The van der Waals surface area contributed by atoms with Crippen molar-refractivity contribution in [2.75, 3.05) is 25.5 Å². The van der Waals surface area contributed by atoms with Crippen LogP contribution in [0.15, 0.2) is 54.7 Å². The van der Waals surface area contributed by atoms with Crippen molar-refractivity contribution in [1.29, 1.82) is 0 Å². The van der Waals surface area contributed by atoms with Crippen LogP contribution in [0, 0.1) is 6.92 Å². The number of carbonyl (C=O) groups excluding carboxylic acids is 1. The number of hydrogen-bond acceptors (Lipinski definition) is 5. The molecule has 2 aromatic carbocycles. The summed E-state index contributed by atoms with van der Waals surface area (Å²) in [6.45, 7) is 4.57. The maximum atomic E-state index is 12.8. The van der Waals surface area contributed by atoms with Crippen LogP contribution in [-0.2, 0) is 6.54 Å². The first-order valence-electron chi connectivity index (χ1n) is 10.3. The minimum atomic E-state index is -0.248. The van der Waals surface area contributed by atoms with Crippen molar-refractivity contribution in [2.24, 2.45) is 0 Å². The molecule has 0 unspecified atom stereocenters. The largest absolute Gasteiger partial charge is 0.495 e. The fourth-order valence-corrected chi connectivity index (χ4v) is 4.14. The number of aromatic nitrogens is 2. The molecule has 7 heteroatoms. The highest BCUT2D eigenvalue weighted by atomic mass is 35.5. The number of methoxy groups -OCH3 is 1. The first kappa shape index (κ1) is 21.3. The fourth-order valence-electron chi connectivity index (χ4n) is 3.92. The molecule has 1 fully saturated rings. The van der Waals surface area contributed by atoms with Crippen molar-refractivity contribution < 1.29 is 9.53 Å². The lowest BCUT2D eigenvalue weighted by molar-refractivity contribution is 0.102. The Hall–Kier alpha value is -2.96. The third-order valence-electron chi connectivity index (χ3n) is 5.53. The topological polar surface area (TPSA) is 67.3 Å². The molecule has 0 radical (unpaired) electrons. The number of amides is 1. The summed E-state index contributed by atoms with van der Waals surface area (Å²) in [5, 5.41) is 3.64. The summed E-state index contributed by atoms with van der Waals surface area (Å²) in [4.78, 5) is 24.3. The van der Waals surface area contributed by atoms with Gasteiger partial charge in [0.15, 0.2) is 0 Å². The van der Waals surface area contributed by atoms with Crippen molar-refractivity contribution in [3.63, 3.8) is 0 Å². The van der Waals surface area contributed by atoms with Crippen LogP contribution >= 0.6 is 11.6 Å². The van der Waals surface area contributed by atoms with Gasteiger partial charge in [-0.05, 0) is 49.7 Å². The number of benzene rings is 2. The van der Waals surface area contributed by atoms with Gasteiger partial charge in [0, 0.05) is 30.2 Å². The number of rotatable bonds is 6. The molecule has 1 aromatic heterocycles. The maximum absolute atomic E-state index is 12.8. The molecule has 1 amide bonds. The number of aryl methyl sites for hydroxylation is 1. The summed E-state index contributed by atoms with van der Waals surface area (Å²) in [6.07, 6.45) is 2.62. The van der Waals surface area contributed by atoms with Crippen LogP contribution in [0.1, 0.15) is 39.8 Å². The lowest BCUT2D eigenvalue weighted by atomic mass is 10.1. The van der Waals surface area contributed by atoms with Crippen molar-refractivity contribution in [2.45, 2.75) is 25.8 Å². The molecule has 2 heterocycles. The normalized spacial score (nSPS) is 16.3. The maximum Gasteiger partial charge on any atom is 0.259 e. The Morgan fingerprint density at radius 3 is 2.87 bits per heavy atom. The van der Waals surface area contributed by atoms with Gasteiger partial charge in [-0.2, -0.15) is 0 Å². The smallest absolute Gasteiger partial charge is 0.259 e. The fraction of sp³-hybridized carbons (Fsp3) is 0.292. The number of para-hydroxylation sites is 2. The minimum absolute atomic E-state index is 0.248. The lowest BCUT2D eigenvalue weighted by Crippen LogP contribution is -2.21. The Bertz CT molecular complexity index is 1090. The first-order chi connectivity index (χ1) is 15.0. The number of anilines is 1. The molecule has 0 aliphatic carbocycles. The van der Waals surface area contributed by atoms with E-state index in [9.17, 15) is 4.79 Å². The Balaban J connectivity index is 1.42. The first-order valence-corrected chi connectivity index (χ1v) is 10.7. The number of nitrogens with zero attached hydrogens (tertiary/aromatic N) is 3. The van der Waals surface area contributed by atoms with Gasteiger partial charge in [-0.25, -0.2) is 9.97 Å². The molecule has 1 N–H and O–H groups in total. The third-order valence-corrected chi connectivity index (χ3v) is 5.77. The van der Waals surface area contributed by atoms with Crippen LogP contribution in [-0.4, -0.2) is 41.0 Å². The van der Waals surface area contributed by atoms with Crippen LogP contribution < -0.4 is 10.1 Å². The Kier molecular flexibility index (Phi) is 6.49. The molecule has 6 nitrogen and oxygen atoms in total. The molecule has 31 heavy (non-hydrogen) atoms. The van der Waals surface area contributed by atoms with Gasteiger partial charge in [0.25, 0.3) is 5.91 Å². The summed E-state index contributed by atoms with van der Waals surface area (Å²) >= 11 is 6.10. The van der Waals surface area contributed by atoms with E-state index < -0.39 is 0 Å². The Labute approximate surface area is 187 Å². The molecule has 1 atom stereocenters. The van der Waals surface area contributed by atoms with Gasteiger partial charge >= 0.3 is 0 Å². The number of likely N-dealkylation sites (tertiary alicyclic amines) is 1. The molecule has 0 spiro atoms. The highest BCUT2D eigenvalue weighted by Crippen LogP contribution is 2.27. The summed E-state index contributed by atoms with van der Waals surface area (Å²) in [5.41, 5.74) is 2.95. The third kappa shape index (κ3) is 5.03. The molecule has 4 rings (SSSR count). The number of hydrogen-bond donors (Lipinski definition) is 1. The van der Waals surface area contributed by atoms with Crippen molar-refractivity contribution in [3.8, 4) is 5.75 Å². The molecule has 0 bridgehead atoms. The van der Waals surface area contributed by atoms with E-state index in [4.69, 9.17) is 16.3 Å². The van der Waals surface area contributed by atoms with E-state index in [2.05, 4.69) is 26.3 Å². The quantitative estimate of drug-likeness (QED) is 0.607. The number of nitrogens with one attached hydrogen (secondary N) is 1. The monoisotopic (exact) mass is 436 g/mol. The van der Waals surface area contributed by atoms with E-state index in [1.54, 1.807) is 25.4 Å². The van der Waals surface area contributed by atoms with Gasteiger partial charge in [0.05, 0.1) is 24.1 Å². The summed E-state index contributed by atoms with van der Waals surface area (Å²) in [7, 11) is 1.57. The summed E-state index contributed by atoms with van der Waals surface area (Å²) in [5.74, 6) is 1.41. The van der Waals surface area contributed by atoms with E-state index in [0.29, 0.717) is 22.7 Å².